The molecule has 19 heavy (non-hydrogen) atoms. The minimum atomic E-state index is 0.108. The van der Waals surface area contributed by atoms with Crippen LogP contribution in [0.4, 0.5) is 5.69 Å². The quantitative estimate of drug-likeness (QED) is 0.798. The Hall–Kier alpha value is -0.870. The Morgan fingerprint density at radius 3 is 2.74 bits per heavy atom. The van der Waals surface area contributed by atoms with E-state index in [0.29, 0.717) is 6.04 Å². The molecular weight excluding hydrogens is 304 g/mol. The maximum atomic E-state index is 11.4. The fourth-order valence-corrected chi connectivity index (χ4v) is 3.21. The summed E-state index contributed by atoms with van der Waals surface area (Å²) in [6.45, 7) is 3.73. The molecule has 0 radical (unpaired) electrons. The molecule has 2 rings (SSSR count). The predicted molar refractivity (Wildman–Crippen MR) is 83.1 cm³/mol. The number of anilines is 1. The highest BCUT2D eigenvalue weighted by Crippen LogP contribution is 2.30. The molecule has 1 fully saturated rings. The lowest BCUT2D eigenvalue weighted by Gasteiger charge is -2.38. The molecular formula is C15H21BrN2O. The lowest BCUT2D eigenvalue weighted by molar-refractivity contribution is 0.101. The number of benzene rings is 1. The van der Waals surface area contributed by atoms with Crippen molar-refractivity contribution in [2.45, 2.75) is 25.8 Å². The number of likely N-dealkylation sites (N-methyl/N-ethyl adjacent to an activating group) is 1. The molecule has 0 aromatic heterocycles. The van der Waals surface area contributed by atoms with Crippen LogP contribution in [0.15, 0.2) is 22.7 Å². The summed E-state index contributed by atoms with van der Waals surface area (Å²) in [6.07, 6.45) is 2.47. The SMILES string of the molecule is CC(=O)c1ccc(N2CCCC(N(C)C)C2)c(Br)c1. The van der Waals surface area contributed by atoms with E-state index in [1.807, 2.05) is 12.1 Å². The zero-order chi connectivity index (χ0) is 14.0. The summed E-state index contributed by atoms with van der Waals surface area (Å²) in [7, 11) is 4.28. The molecule has 1 atom stereocenters. The average molecular weight is 325 g/mol. The summed E-state index contributed by atoms with van der Waals surface area (Å²) in [4.78, 5) is 16.1. The van der Waals surface area contributed by atoms with Crippen LogP contribution in [0.5, 0.6) is 0 Å². The molecule has 0 N–H and O–H groups in total. The summed E-state index contributed by atoms with van der Waals surface area (Å²) in [6, 6.07) is 6.51. The fourth-order valence-electron chi connectivity index (χ4n) is 2.58. The second-order valence-corrected chi connectivity index (χ2v) is 6.28. The molecule has 0 amide bonds. The standard InChI is InChI=1S/C15H21BrN2O/c1-11(19)12-6-7-15(14(16)9-12)18-8-4-5-13(10-18)17(2)3/h6-7,9,13H,4-5,8,10H2,1-3H3. The number of nitrogens with zero attached hydrogens (tertiary/aromatic N) is 2. The molecule has 1 aromatic rings. The van der Waals surface area contributed by atoms with Crippen LogP contribution in [0.1, 0.15) is 30.1 Å². The summed E-state index contributed by atoms with van der Waals surface area (Å²) in [5.74, 6) is 0.108. The molecule has 0 aliphatic carbocycles. The van der Waals surface area contributed by atoms with Crippen molar-refractivity contribution >= 4 is 27.4 Å². The predicted octanol–water partition coefficient (Wildman–Crippen LogP) is 3.18. The van der Waals surface area contributed by atoms with Gasteiger partial charge in [-0.15, -0.1) is 0 Å². The minimum Gasteiger partial charge on any atom is -0.369 e. The first-order valence-electron chi connectivity index (χ1n) is 6.71. The smallest absolute Gasteiger partial charge is 0.159 e. The van der Waals surface area contributed by atoms with E-state index in [0.717, 1.165) is 23.1 Å². The number of hydrogen-bond acceptors (Lipinski definition) is 3. The Balaban J connectivity index is 2.19. The van der Waals surface area contributed by atoms with Crippen LogP contribution in [0.2, 0.25) is 0 Å². The summed E-state index contributed by atoms with van der Waals surface area (Å²) in [5, 5.41) is 0. The van der Waals surface area contributed by atoms with Crippen LogP contribution in [0.3, 0.4) is 0 Å². The summed E-state index contributed by atoms with van der Waals surface area (Å²) < 4.78 is 1.01. The number of carbonyl (C=O) groups excluding carboxylic acids is 1. The Morgan fingerprint density at radius 2 is 2.16 bits per heavy atom. The largest absolute Gasteiger partial charge is 0.369 e. The fraction of sp³-hybridized carbons (Fsp3) is 0.533. The highest BCUT2D eigenvalue weighted by Gasteiger charge is 2.22. The third-order valence-electron chi connectivity index (χ3n) is 3.82. The third-order valence-corrected chi connectivity index (χ3v) is 4.46. The second kappa shape index (κ2) is 6.06. The lowest BCUT2D eigenvalue weighted by atomic mass is 10.0. The van der Waals surface area contributed by atoms with Crippen LogP contribution >= 0.6 is 15.9 Å². The van der Waals surface area contributed by atoms with E-state index in [4.69, 9.17) is 0 Å². The molecule has 1 heterocycles. The van der Waals surface area contributed by atoms with Gasteiger partial charge >= 0.3 is 0 Å². The molecule has 0 bridgehead atoms. The molecule has 1 aliphatic rings. The minimum absolute atomic E-state index is 0.108. The van der Waals surface area contributed by atoms with Gasteiger partial charge in [-0.25, -0.2) is 0 Å². The lowest BCUT2D eigenvalue weighted by Crippen LogP contribution is -2.45. The van der Waals surface area contributed by atoms with Crippen LogP contribution in [-0.4, -0.2) is 43.9 Å². The average Bonchev–Trinajstić information content (AvgIpc) is 2.38. The number of piperidine rings is 1. The van der Waals surface area contributed by atoms with E-state index in [2.05, 4.69) is 45.9 Å². The molecule has 0 saturated carbocycles. The van der Waals surface area contributed by atoms with Gasteiger partial charge in [0.25, 0.3) is 0 Å². The zero-order valence-electron chi connectivity index (χ0n) is 11.8. The van der Waals surface area contributed by atoms with Gasteiger partial charge < -0.3 is 9.80 Å². The van der Waals surface area contributed by atoms with Crippen LogP contribution in [0, 0.1) is 0 Å². The van der Waals surface area contributed by atoms with E-state index in [-0.39, 0.29) is 5.78 Å². The Bertz CT molecular complexity index is 473. The number of carbonyl (C=O) groups is 1. The normalized spacial score (nSPS) is 19.8. The number of Topliss-reactive ketones (excluding diaryl/α,β-unsaturated/α-hetero) is 1. The van der Waals surface area contributed by atoms with E-state index in [1.54, 1.807) is 6.92 Å². The van der Waals surface area contributed by atoms with E-state index < -0.39 is 0 Å². The molecule has 1 aromatic carbocycles. The highest BCUT2D eigenvalue weighted by molar-refractivity contribution is 9.10. The van der Waals surface area contributed by atoms with Gasteiger partial charge in [-0.05, 0) is 68.0 Å². The first-order valence-corrected chi connectivity index (χ1v) is 7.50. The second-order valence-electron chi connectivity index (χ2n) is 5.43. The number of rotatable bonds is 3. The molecule has 104 valence electrons. The van der Waals surface area contributed by atoms with E-state index >= 15 is 0 Å². The van der Waals surface area contributed by atoms with Gasteiger partial charge in [-0.1, -0.05) is 0 Å². The number of halogens is 1. The van der Waals surface area contributed by atoms with Gasteiger partial charge in [0, 0.05) is 29.2 Å². The van der Waals surface area contributed by atoms with Crippen molar-refractivity contribution in [3.8, 4) is 0 Å². The van der Waals surface area contributed by atoms with Gasteiger partial charge in [0.05, 0.1) is 5.69 Å². The molecule has 0 spiro atoms. The van der Waals surface area contributed by atoms with Crippen molar-refractivity contribution in [1.82, 2.24) is 4.90 Å². The molecule has 3 nitrogen and oxygen atoms in total. The number of hydrogen-bond donors (Lipinski definition) is 0. The van der Waals surface area contributed by atoms with Crippen LogP contribution in [0.25, 0.3) is 0 Å². The first kappa shape index (κ1) is 14.5. The van der Waals surface area contributed by atoms with Gasteiger partial charge in [0.1, 0.15) is 0 Å². The molecule has 1 saturated heterocycles. The van der Waals surface area contributed by atoms with Crippen LogP contribution < -0.4 is 4.90 Å². The van der Waals surface area contributed by atoms with Crippen molar-refractivity contribution in [3.63, 3.8) is 0 Å². The highest BCUT2D eigenvalue weighted by atomic mass is 79.9. The number of ketones is 1. The van der Waals surface area contributed by atoms with Crippen LogP contribution in [-0.2, 0) is 0 Å². The maximum absolute atomic E-state index is 11.4. The summed E-state index contributed by atoms with van der Waals surface area (Å²) in [5.41, 5.74) is 1.95. The van der Waals surface area contributed by atoms with Crippen molar-refractivity contribution in [3.05, 3.63) is 28.2 Å². The van der Waals surface area contributed by atoms with E-state index in [1.165, 1.54) is 18.5 Å². The van der Waals surface area contributed by atoms with E-state index in [9.17, 15) is 4.79 Å². The van der Waals surface area contributed by atoms with Gasteiger partial charge in [0.2, 0.25) is 0 Å². The van der Waals surface area contributed by atoms with Gasteiger partial charge in [0.15, 0.2) is 5.78 Å². The Labute approximate surface area is 123 Å². The monoisotopic (exact) mass is 324 g/mol. The third kappa shape index (κ3) is 3.37. The first-order chi connectivity index (χ1) is 8.99. The van der Waals surface area contributed by atoms with Crippen molar-refractivity contribution < 1.29 is 4.79 Å². The maximum Gasteiger partial charge on any atom is 0.159 e. The Kier molecular flexibility index (Phi) is 4.63. The molecule has 1 aliphatic heterocycles. The van der Waals surface area contributed by atoms with Gasteiger partial charge in [-0.2, -0.15) is 0 Å². The van der Waals surface area contributed by atoms with Crippen molar-refractivity contribution in [2.24, 2.45) is 0 Å². The molecule has 1 unspecified atom stereocenters. The van der Waals surface area contributed by atoms with Crippen molar-refractivity contribution in [2.75, 3.05) is 32.1 Å². The summed E-state index contributed by atoms with van der Waals surface area (Å²) >= 11 is 3.60. The zero-order valence-corrected chi connectivity index (χ0v) is 13.4. The molecule has 4 heteroatoms. The van der Waals surface area contributed by atoms with Gasteiger partial charge in [-0.3, -0.25) is 4.79 Å². The Morgan fingerprint density at radius 1 is 1.42 bits per heavy atom. The topological polar surface area (TPSA) is 23.6 Å². The van der Waals surface area contributed by atoms with Crippen molar-refractivity contribution in [1.29, 1.82) is 0 Å².